The Labute approximate surface area is 126 Å². The summed E-state index contributed by atoms with van der Waals surface area (Å²) in [5.41, 5.74) is 1.40. The molecule has 1 aromatic heterocycles. The van der Waals surface area contributed by atoms with E-state index < -0.39 is 0 Å². The molecule has 4 bridgehead atoms. The van der Waals surface area contributed by atoms with Crippen LogP contribution < -0.4 is 5.32 Å². The van der Waals surface area contributed by atoms with Crippen molar-refractivity contribution in [3.8, 4) is 0 Å². The lowest BCUT2D eigenvalue weighted by Crippen LogP contribution is -2.65. The Balaban J connectivity index is 1.61. The molecule has 2 unspecified atom stereocenters. The number of nitrogens with zero attached hydrogens (tertiary/aromatic N) is 1. The highest BCUT2D eigenvalue weighted by Gasteiger charge is 2.60. The monoisotopic (exact) mass is 284 g/mol. The van der Waals surface area contributed by atoms with Crippen molar-refractivity contribution < 1.29 is 4.79 Å². The number of carbonyl (C=O) groups is 1. The van der Waals surface area contributed by atoms with Crippen molar-refractivity contribution in [3.63, 3.8) is 0 Å². The van der Waals surface area contributed by atoms with Gasteiger partial charge in [0.05, 0.1) is 0 Å². The molecule has 4 aliphatic rings. The molecule has 5 rings (SSSR count). The third-order valence-corrected chi connectivity index (χ3v) is 5.90. The number of amides is 1. The first-order valence-electron chi connectivity index (χ1n) is 8.13. The van der Waals surface area contributed by atoms with Gasteiger partial charge in [0.1, 0.15) is 5.69 Å². The van der Waals surface area contributed by atoms with Crippen LogP contribution in [0.15, 0.2) is 24.4 Å². The summed E-state index contributed by atoms with van der Waals surface area (Å²) >= 11 is 0. The van der Waals surface area contributed by atoms with E-state index in [1.807, 2.05) is 12.1 Å². The molecule has 112 valence electrons. The number of nitrogens with one attached hydrogen (secondary N) is 1. The highest BCUT2D eigenvalue weighted by Crippen LogP contribution is 2.66. The summed E-state index contributed by atoms with van der Waals surface area (Å²) in [6.45, 7) is 4.86. The van der Waals surface area contributed by atoms with Crippen LogP contribution >= 0.6 is 0 Å². The Hall–Kier alpha value is -1.38. The predicted octanol–water partition coefficient (Wildman–Crippen LogP) is 3.56. The van der Waals surface area contributed by atoms with Crippen LogP contribution in [-0.4, -0.2) is 16.4 Å². The van der Waals surface area contributed by atoms with Crippen molar-refractivity contribution in [2.75, 3.05) is 0 Å². The first kappa shape index (κ1) is 13.3. The Kier molecular flexibility index (Phi) is 2.59. The predicted molar refractivity (Wildman–Crippen MR) is 81.8 cm³/mol. The Bertz CT molecular complexity index is 564. The van der Waals surface area contributed by atoms with Crippen LogP contribution in [0.25, 0.3) is 0 Å². The topological polar surface area (TPSA) is 42.0 Å². The first-order chi connectivity index (χ1) is 9.90. The lowest BCUT2D eigenvalue weighted by Gasteiger charge is -2.65. The van der Waals surface area contributed by atoms with Crippen molar-refractivity contribution >= 4 is 5.91 Å². The van der Waals surface area contributed by atoms with E-state index in [9.17, 15) is 4.79 Å². The van der Waals surface area contributed by atoms with Crippen molar-refractivity contribution in [2.45, 2.75) is 57.9 Å². The van der Waals surface area contributed by atoms with Gasteiger partial charge in [-0.05, 0) is 67.4 Å². The Morgan fingerprint density at radius 1 is 1.14 bits per heavy atom. The van der Waals surface area contributed by atoms with Gasteiger partial charge in [0.2, 0.25) is 0 Å². The molecule has 0 aromatic carbocycles. The second-order valence-electron chi connectivity index (χ2n) is 8.58. The van der Waals surface area contributed by atoms with Crippen molar-refractivity contribution in [1.29, 1.82) is 0 Å². The van der Waals surface area contributed by atoms with Gasteiger partial charge in [0, 0.05) is 11.7 Å². The summed E-state index contributed by atoms with van der Waals surface area (Å²) in [5, 5.41) is 3.39. The van der Waals surface area contributed by atoms with Crippen LogP contribution in [0.1, 0.15) is 62.9 Å². The quantitative estimate of drug-likeness (QED) is 0.902. The third-order valence-electron chi connectivity index (χ3n) is 5.90. The molecular weight excluding hydrogens is 260 g/mol. The molecule has 0 radical (unpaired) electrons. The van der Waals surface area contributed by atoms with Crippen molar-refractivity contribution in [2.24, 2.45) is 16.7 Å². The highest BCUT2D eigenvalue weighted by molar-refractivity contribution is 5.92. The van der Waals surface area contributed by atoms with Gasteiger partial charge < -0.3 is 5.32 Å². The standard InChI is InChI=1S/C18H24N2O/c1-16-7-13-8-17(2,10-16)12-18(9-13,11-16)20-15(21)14-5-3-4-6-19-14/h3-6,13H,7-12H2,1-2H3,(H,20,21). The van der Waals surface area contributed by atoms with Gasteiger partial charge in [0.15, 0.2) is 0 Å². The zero-order valence-electron chi connectivity index (χ0n) is 13.0. The largest absolute Gasteiger partial charge is 0.345 e. The maximum absolute atomic E-state index is 12.6. The minimum absolute atomic E-state index is 0.00440. The molecule has 4 aliphatic carbocycles. The fourth-order valence-corrected chi connectivity index (χ4v) is 6.39. The van der Waals surface area contributed by atoms with E-state index in [1.165, 1.54) is 19.3 Å². The van der Waals surface area contributed by atoms with Crippen LogP contribution in [0.3, 0.4) is 0 Å². The molecule has 4 fully saturated rings. The number of carbonyl (C=O) groups excluding carboxylic acids is 1. The molecule has 1 heterocycles. The molecule has 21 heavy (non-hydrogen) atoms. The smallest absolute Gasteiger partial charge is 0.270 e. The van der Waals surface area contributed by atoms with Crippen molar-refractivity contribution in [1.82, 2.24) is 10.3 Å². The summed E-state index contributed by atoms with van der Waals surface area (Å²) in [6.07, 6.45) is 9.18. The van der Waals surface area contributed by atoms with Crippen LogP contribution in [0.2, 0.25) is 0 Å². The zero-order chi connectivity index (χ0) is 14.7. The molecule has 0 spiro atoms. The maximum atomic E-state index is 12.6. The molecular formula is C18H24N2O. The number of rotatable bonds is 2. The molecule has 2 atom stereocenters. The second kappa shape index (κ2) is 4.08. The minimum atomic E-state index is 0.00440. The molecule has 4 saturated carbocycles. The van der Waals surface area contributed by atoms with Crippen LogP contribution in [0.5, 0.6) is 0 Å². The van der Waals surface area contributed by atoms with Crippen LogP contribution in [0.4, 0.5) is 0 Å². The maximum Gasteiger partial charge on any atom is 0.270 e. The number of pyridine rings is 1. The number of hydrogen-bond acceptors (Lipinski definition) is 2. The molecule has 0 saturated heterocycles. The first-order valence-corrected chi connectivity index (χ1v) is 8.13. The molecule has 1 amide bonds. The average molecular weight is 284 g/mol. The second-order valence-corrected chi connectivity index (χ2v) is 8.58. The SMILES string of the molecule is CC12CC3CC(C)(C1)CC(NC(=O)c1ccccn1)(C3)C2. The van der Waals surface area contributed by atoms with Crippen LogP contribution in [0, 0.1) is 16.7 Å². The van der Waals surface area contributed by atoms with Gasteiger partial charge in [-0.25, -0.2) is 0 Å². The molecule has 0 aliphatic heterocycles. The summed E-state index contributed by atoms with van der Waals surface area (Å²) in [4.78, 5) is 16.8. The van der Waals surface area contributed by atoms with E-state index in [1.54, 1.807) is 12.3 Å². The lowest BCUT2D eigenvalue weighted by molar-refractivity contribution is -0.114. The van der Waals surface area contributed by atoms with E-state index >= 15 is 0 Å². The van der Waals surface area contributed by atoms with E-state index in [0.717, 1.165) is 25.2 Å². The average Bonchev–Trinajstić information content (AvgIpc) is 2.34. The Morgan fingerprint density at radius 2 is 1.86 bits per heavy atom. The minimum Gasteiger partial charge on any atom is -0.345 e. The summed E-state index contributed by atoms with van der Waals surface area (Å²) in [7, 11) is 0. The summed E-state index contributed by atoms with van der Waals surface area (Å²) in [5.74, 6) is 0.796. The molecule has 3 heteroatoms. The lowest BCUT2D eigenvalue weighted by atomic mass is 9.43. The van der Waals surface area contributed by atoms with E-state index in [-0.39, 0.29) is 11.4 Å². The summed E-state index contributed by atoms with van der Waals surface area (Å²) < 4.78 is 0. The fourth-order valence-electron chi connectivity index (χ4n) is 6.39. The number of hydrogen-bond donors (Lipinski definition) is 1. The third kappa shape index (κ3) is 2.18. The summed E-state index contributed by atoms with van der Waals surface area (Å²) in [6, 6.07) is 5.53. The molecule has 1 N–H and O–H groups in total. The fraction of sp³-hybridized carbons (Fsp3) is 0.667. The van der Waals surface area contributed by atoms with E-state index in [0.29, 0.717) is 16.5 Å². The van der Waals surface area contributed by atoms with Gasteiger partial charge in [-0.15, -0.1) is 0 Å². The van der Waals surface area contributed by atoms with E-state index in [2.05, 4.69) is 24.1 Å². The van der Waals surface area contributed by atoms with Crippen LogP contribution in [-0.2, 0) is 0 Å². The normalized spacial score (nSPS) is 43.8. The van der Waals surface area contributed by atoms with Gasteiger partial charge in [-0.2, -0.15) is 0 Å². The van der Waals surface area contributed by atoms with Gasteiger partial charge in [0.25, 0.3) is 5.91 Å². The Morgan fingerprint density at radius 3 is 2.43 bits per heavy atom. The molecule has 3 nitrogen and oxygen atoms in total. The number of aromatic nitrogens is 1. The van der Waals surface area contributed by atoms with Gasteiger partial charge in [-0.1, -0.05) is 19.9 Å². The van der Waals surface area contributed by atoms with E-state index in [4.69, 9.17) is 0 Å². The van der Waals surface area contributed by atoms with Gasteiger partial charge >= 0.3 is 0 Å². The highest BCUT2D eigenvalue weighted by atomic mass is 16.2. The van der Waals surface area contributed by atoms with Gasteiger partial charge in [-0.3, -0.25) is 9.78 Å². The molecule has 1 aromatic rings. The zero-order valence-corrected chi connectivity index (χ0v) is 13.0. The van der Waals surface area contributed by atoms with Crippen molar-refractivity contribution in [3.05, 3.63) is 30.1 Å².